The van der Waals surface area contributed by atoms with E-state index in [1.165, 1.54) is 5.56 Å². The topological polar surface area (TPSA) is 41.5 Å². The highest BCUT2D eigenvalue weighted by atomic mass is 16.5. The number of aliphatic hydroxyl groups excluding tert-OH is 1. The summed E-state index contributed by atoms with van der Waals surface area (Å²) in [5, 5.41) is 12.6. The molecule has 114 valence electrons. The van der Waals surface area contributed by atoms with Crippen LogP contribution in [0, 0.1) is 11.8 Å². The second kappa shape index (κ2) is 8.98. The summed E-state index contributed by atoms with van der Waals surface area (Å²) < 4.78 is 5.70. The van der Waals surface area contributed by atoms with Crippen molar-refractivity contribution in [2.24, 2.45) is 11.8 Å². The molecule has 0 aromatic heterocycles. The lowest BCUT2D eigenvalue weighted by molar-refractivity contribution is 0.210. The lowest BCUT2D eigenvalue weighted by Gasteiger charge is -2.20. The Labute approximate surface area is 123 Å². The standard InChI is InChI=1S/C17H29NO2/c1-13(2)9-10-20-16-7-5-15(6-8-16)11-18-17(12-19)14(3)4/h5-8,13-14,17-19H,9-12H2,1-4H3. The quantitative estimate of drug-likeness (QED) is 0.729. The molecule has 0 saturated heterocycles. The number of hydrogen-bond acceptors (Lipinski definition) is 3. The number of benzene rings is 1. The van der Waals surface area contributed by atoms with Crippen molar-refractivity contribution in [3.63, 3.8) is 0 Å². The predicted octanol–water partition coefficient (Wildman–Crippen LogP) is 3.22. The second-order valence-corrected chi connectivity index (χ2v) is 6.09. The Hall–Kier alpha value is -1.06. The molecule has 0 bridgehead atoms. The maximum absolute atomic E-state index is 9.28. The van der Waals surface area contributed by atoms with Gasteiger partial charge in [-0.2, -0.15) is 0 Å². The van der Waals surface area contributed by atoms with Gasteiger partial charge in [0.15, 0.2) is 0 Å². The van der Waals surface area contributed by atoms with E-state index in [0.717, 1.165) is 25.3 Å². The molecular weight excluding hydrogens is 250 g/mol. The van der Waals surface area contributed by atoms with Gasteiger partial charge in [0.1, 0.15) is 5.75 Å². The van der Waals surface area contributed by atoms with E-state index in [9.17, 15) is 5.11 Å². The number of rotatable bonds is 9. The summed E-state index contributed by atoms with van der Waals surface area (Å²) in [5.74, 6) is 2.03. The summed E-state index contributed by atoms with van der Waals surface area (Å²) in [6, 6.07) is 8.33. The monoisotopic (exact) mass is 279 g/mol. The summed E-state index contributed by atoms with van der Waals surface area (Å²) >= 11 is 0. The van der Waals surface area contributed by atoms with Gasteiger partial charge in [-0.05, 0) is 36.0 Å². The lowest BCUT2D eigenvalue weighted by atomic mass is 10.1. The Morgan fingerprint density at radius 3 is 2.25 bits per heavy atom. The van der Waals surface area contributed by atoms with Crippen molar-refractivity contribution < 1.29 is 9.84 Å². The number of nitrogens with one attached hydrogen (secondary N) is 1. The van der Waals surface area contributed by atoms with Gasteiger partial charge in [0.25, 0.3) is 0 Å². The van der Waals surface area contributed by atoms with Gasteiger partial charge < -0.3 is 15.2 Å². The first-order valence-electron chi connectivity index (χ1n) is 7.59. The molecule has 0 aliphatic heterocycles. The average Bonchev–Trinajstić information content (AvgIpc) is 2.40. The van der Waals surface area contributed by atoms with Crippen LogP contribution in [-0.4, -0.2) is 24.4 Å². The van der Waals surface area contributed by atoms with Crippen molar-refractivity contribution in [3.05, 3.63) is 29.8 Å². The third kappa shape index (κ3) is 6.40. The number of aliphatic hydroxyl groups is 1. The Morgan fingerprint density at radius 1 is 1.10 bits per heavy atom. The van der Waals surface area contributed by atoms with Gasteiger partial charge in [-0.3, -0.25) is 0 Å². The second-order valence-electron chi connectivity index (χ2n) is 6.09. The molecule has 0 aliphatic rings. The zero-order valence-corrected chi connectivity index (χ0v) is 13.2. The molecule has 1 unspecified atom stereocenters. The SMILES string of the molecule is CC(C)CCOc1ccc(CNC(CO)C(C)C)cc1. The van der Waals surface area contributed by atoms with E-state index < -0.39 is 0 Å². The summed E-state index contributed by atoms with van der Waals surface area (Å²) in [7, 11) is 0. The van der Waals surface area contributed by atoms with Crippen molar-refractivity contribution in [2.45, 2.75) is 46.7 Å². The summed E-state index contributed by atoms with van der Waals surface area (Å²) in [4.78, 5) is 0. The highest BCUT2D eigenvalue weighted by molar-refractivity contribution is 5.27. The Bertz CT molecular complexity index is 360. The van der Waals surface area contributed by atoms with Crippen molar-refractivity contribution in [2.75, 3.05) is 13.2 Å². The first-order valence-corrected chi connectivity index (χ1v) is 7.59. The Morgan fingerprint density at radius 2 is 1.75 bits per heavy atom. The summed E-state index contributed by atoms with van der Waals surface area (Å²) in [6.07, 6.45) is 1.08. The fourth-order valence-electron chi connectivity index (χ4n) is 1.88. The molecule has 1 atom stereocenters. The van der Waals surface area contributed by atoms with Crippen LogP contribution in [-0.2, 0) is 6.54 Å². The zero-order valence-electron chi connectivity index (χ0n) is 13.2. The molecule has 1 aromatic rings. The molecule has 0 radical (unpaired) electrons. The highest BCUT2D eigenvalue weighted by Gasteiger charge is 2.10. The van der Waals surface area contributed by atoms with Gasteiger partial charge in [0, 0.05) is 12.6 Å². The molecule has 0 heterocycles. The van der Waals surface area contributed by atoms with Gasteiger partial charge in [-0.1, -0.05) is 39.8 Å². The minimum atomic E-state index is 0.150. The molecule has 0 spiro atoms. The highest BCUT2D eigenvalue weighted by Crippen LogP contribution is 2.14. The van der Waals surface area contributed by atoms with Crippen LogP contribution in [0.2, 0.25) is 0 Å². The third-order valence-corrected chi connectivity index (χ3v) is 3.46. The molecule has 2 N–H and O–H groups in total. The first-order chi connectivity index (χ1) is 9.52. The summed E-state index contributed by atoms with van der Waals surface area (Å²) in [5.41, 5.74) is 1.21. The molecule has 20 heavy (non-hydrogen) atoms. The van der Waals surface area contributed by atoms with Crippen molar-refractivity contribution in [1.29, 1.82) is 0 Å². The van der Waals surface area contributed by atoms with Gasteiger partial charge in [0.2, 0.25) is 0 Å². The molecule has 3 nitrogen and oxygen atoms in total. The van der Waals surface area contributed by atoms with Gasteiger partial charge in [0.05, 0.1) is 13.2 Å². The van der Waals surface area contributed by atoms with Crippen molar-refractivity contribution >= 4 is 0 Å². The van der Waals surface area contributed by atoms with Gasteiger partial charge in [-0.15, -0.1) is 0 Å². The van der Waals surface area contributed by atoms with E-state index in [1.54, 1.807) is 0 Å². The average molecular weight is 279 g/mol. The molecule has 0 saturated carbocycles. The van der Waals surface area contributed by atoms with Gasteiger partial charge in [-0.25, -0.2) is 0 Å². The molecule has 3 heteroatoms. The Balaban J connectivity index is 2.38. The van der Waals surface area contributed by atoms with E-state index in [2.05, 4.69) is 45.1 Å². The normalized spacial score (nSPS) is 12.9. The fraction of sp³-hybridized carbons (Fsp3) is 0.647. The first kappa shape index (κ1) is 17.0. The molecule has 1 aromatic carbocycles. The van der Waals surface area contributed by atoms with Crippen LogP contribution in [0.3, 0.4) is 0 Å². The molecular formula is C17H29NO2. The third-order valence-electron chi connectivity index (χ3n) is 3.46. The number of ether oxygens (including phenoxy) is 1. The Kier molecular flexibility index (Phi) is 7.63. The lowest BCUT2D eigenvalue weighted by Crippen LogP contribution is -2.36. The van der Waals surface area contributed by atoms with Crippen LogP contribution >= 0.6 is 0 Å². The van der Waals surface area contributed by atoms with Crippen molar-refractivity contribution in [1.82, 2.24) is 5.32 Å². The van der Waals surface area contributed by atoms with Gasteiger partial charge >= 0.3 is 0 Å². The molecule has 1 rings (SSSR count). The number of hydrogen-bond donors (Lipinski definition) is 2. The van der Waals surface area contributed by atoms with Crippen molar-refractivity contribution in [3.8, 4) is 5.75 Å². The fourth-order valence-corrected chi connectivity index (χ4v) is 1.88. The minimum Gasteiger partial charge on any atom is -0.494 e. The van der Waals surface area contributed by atoms with Crippen LogP contribution in [0.4, 0.5) is 0 Å². The zero-order chi connectivity index (χ0) is 15.0. The van der Waals surface area contributed by atoms with E-state index in [1.807, 2.05) is 12.1 Å². The minimum absolute atomic E-state index is 0.150. The van der Waals surface area contributed by atoms with Crippen LogP contribution < -0.4 is 10.1 Å². The summed E-state index contributed by atoms with van der Waals surface area (Å²) in [6.45, 7) is 10.3. The maximum atomic E-state index is 9.28. The smallest absolute Gasteiger partial charge is 0.119 e. The molecule has 0 amide bonds. The van der Waals surface area contributed by atoms with E-state index in [-0.39, 0.29) is 12.6 Å². The van der Waals surface area contributed by atoms with Crippen LogP contribution in [0.5, 0.6) is 5.75 Å². The van der Waals surface area contributed by atoms with Crippen LogP contribution in [0.25, 0.3) is 0 Å². The molecule has 0 aliphatic carbocycles. The predicted molar refractivity (Wildman–Crippen MR) is 83.9 cm³/mol. The van der Waals surface area contributed by atoms with Crippen LogP contribution in [0.15, 0.2) is 24.3 Å². The van der Waals surface area contributed by atoms with Crippen LogP contribution in [0.1, 0.15) is 39.7 Å². The largest absolute Gasteiger partial charge is 0.494 e. The van der Waals surface area contributed by atoms with E-state index in [0.29, 0.717) is 11.8 Å². The maximum Gasteiger partial charge on any atom is 0.119 e. The molecule has 0 fully saturated rings. The van der Waals surface area contributed by atoms with E-state index >= 15 is 0 Å². The van der Waals surface area contributed by atoms with E-state index in [4.69, 9.17) is 4.74 Å².